The Morgan fingerprint density at radius 1 is 0.824 bits per heavy atom. The third-order valence-corrected chi connectivity index (χ3v) is 6.04. The smallest absolute Gasteiger partial charge is 0.321 e. The number of carbonyl (C=O) groups is 3. The van der Waals surface area contributed by atoms with Crippen molar-refractivity contribution in [3.63, 3.8) is 0 Å². The summed E-state index contributed by atoms with van der Waals surface area (Å²) in [6.45, 7) is 5.72. The monoisotopic (exact) mass is 518 g/mol. The number of nitrogens with one attached hydrogen (secondary N) is 3. The molecule has 7 nitrogen and oxygen atoms in total. The van der Waals surface area contributed by atoms with Crippen molar-refractivity contribution < 1.29 is 14.4 Å². The Kier molecular flexibility index (Phi) is 6.51. The number of anilines is 2. The molecule has 1 aromatic heterocycles. The number of aryl methyl sites for hydroxylation is 2. The van der Waals surface area contributed by atoms with Crippen LogP contribution in [0.25, 0.3) is 10.9 Å². The molecule has 172 valence electrons. The third kappa shape index (κ3) is 4.87. The average molecular weight is 519 g/mol. The summed E-state index contributed by atoms with van der Waals surface area (Å²) >= 11 is 3.43. The number of aromatic nitrogens is 1. The van der Waals surface area contributed by atoms with Crippen molar-refractivity contribution in [3.8, 4) is 0 Å². The molecule has 0 fully saturated rings. The van der Waals surface area contributed by atoms with Gasteiger partial charge in [0.05, 0.1) is 5.52 Å². The molecule has 0 unspecified atom stereocenters. The van der Waals surface area contributed by atoms with Crippen LogP contribution in [-0.4, -0.2) is 22.4 Å². The van der Waals surface area contributed by atoms with Crippen LogP contribution < -0.4 is 16.1 Å². The van der Waals surface area contributed by atoms with Crippen LogP contribution in [0.2, 0.25) is 0 Å². The number of carbonyl (C=O) groups excluding carboxylic acids is 3. The van der Waals surface area contributed by atoms with Crippen molar-refractivity contribution in [2.24, 2.45) is 0 Å². The van der Waals surface area contributed by atoms with Crippen molar-refractivity contribution >= 4 is 55.9 Å². The van der Waals surface area contributed by atoms with Crippen LogP contribution in [-0.2, 0) is 9.59 Å². The van der Waals surface area contributed by atoms with E-state index in [1.165, 1.54) is 4.68 Å². The van der Waals surface area contributed by atoms with Crippen LogP contribution in [0, 0.1) is 20.8 Å². The Hall–Kier alpha value is -3.91. The molecule has 4 aromatic rings. The Bertz CT molecular complexity index is 1440. The first kappa shape index (κ1) is 23.3. The lowest BCUT2D eigenvalue weighted by atomic mass is 10.1. The molecule has 3 amide bonds. The van der Waals surface area contributed by atoms with Crippen LogP contribution in [0.1, 0.15) is 27.2 Å². The first-order chi connectivity index (χ1) is 16.2. The van der Waals surface area contributed by atoms with E-state index in [0.29, 0.717) is 16.9 Å². The van der Waals surface area contributed by atoms with Gasteiger partial charge in [0.25, 0.3) is 5.91 Å². The largest absolute Gasteiger partial charge is 0.328 e. The maximum absolute atomic E-state index is 13.1. The van der Waals surface area contributed by atoms with Gasteiger partial charge in [-0.2, -0.15) is 0 Å². The number of nitrogens with zero attached hydrogens (tertiary/aromatic N) is 1. The van der Waals surface area contributed by atoms with E-state index in [1.807, 2.05) is 51.1 Å². The fraction of sp³-hybridized carbons (Fsp3) is 0.115. The third-order valence-electron chi connectivity index (χ3n) is 5.54. The number of benzene rings is 3. The van der Waals surface area contributed by atoms with Crippen LogP contribution in [0.5, 0.6) is 0 Å². The molecule has 0 radical (unpaired) electrons. The van der Waals surface area contributed by atoms with E-state index >= 15 is 0 Å². The quantitative estimate of drug-likeness (QED) is 0.320. The minimum absolute atomic E-state index is 0.183. The van der Waals surface area contributed by atoms with Gasteiger partial charge in [-0.05, 0) is 79.9 Å². The molecule has 0 atom stereocenters. The van der Waals surface area contributed by atoms with E-state index in [0.717, 1.165) is 26.5 Å². The van der Waals surface area contributed by atoms with Crippen molar-refractivity contribution in [1.82, 2.24) is 4.68 Å². The second-order valence-electron chi connectivity index (χ2n) is 8.03. The van der Waals surface area contributed by atoms with Crippen LogP contribution in [0.15, 0.2) is 71.2 Å². The lowest BCUT2D eigenvalue weighted by Crippen LogP contribution is -2.36. The average Bonchev–Trinajstić information content (AvgIpc) is 3.14. The minimum Gasteiger partial charge on any atom is -0.321 e. The van der Waals surface area contributed by atoms with E-state index in [-0.39, 0.29) is 5.69 Å². The van der Waals surface area contributed by atoms with Gasteiger partial charge < -0.3 is 10.6 Å². The number of fused-ring (bicyclic) bond motifs is 1. The molecule has 0 aliphatic heterocycles. The second-order valence-corrected chi connectivity index (χ2v) is 8.95. The summed E-state index contributed by atoms with van der Waals surface area (Å²) in [5.41, 5.74) is 7.38. The maximum Gasteiger partial charge on any atom is 0.328 e. The molecule has 8 heteroatoms. The Morgan fingerprint density at radius 2 is 1.59 bits per heavy atom. The zero-order valence-electron chi connectivity index (χ0n) is 18.9. The molecule has 0 aliphatic rings. The highest BCUT2D eigenvalue weighted by atomic mass is 79.9. The summed E-state index contributed by atoms with van der Waals surface area (Å²) in [5.74, 6) is -2.16. The van der Waals surface area contributed by atoms with Crippen molar-refractivity contribution in [1.29, 1.82) is 0 Å². The molecule has 0 aliphatic carbocycles. The van der Waals surface area contributed by atoms with Gasteiger partial charge in [-0.3, -0.25) is 19.8 Å². The maximum atomic E-state index is 13.1. The van der Waals surface area contributed by atoms with Gasteiger partial charge in [-0.25, -0.2) is 4.68 Å². The van der Waals surface area contributed by atoms with Gasteiger partial charge in [0.15, 0.2) is 0 Å². The second kappa shape index (κ2) is 9.52. The molecule has 1 heterocycles. The number of hydrogen-bond donors (Lipinski definition) is 3. The lowest BCUT2D eigenvalue weighted by molar-refractivity contribution is -0.133. The molecule has 0 spiro atoms. The molecule has 4 rings (SSSR count). The molecular formula is C26H23BrN4O3. The van der Waals surface area contributed by atoms with E-state index in [1.54, 1.807) is 36.4 Å². The van der Waals surface area contributed by atoms with Crippen molar-refractivity contribution in [2.45, 2.75) is 20.8 Å². The predicted octanol–water partition coefficient (Wildman–Crippen LogP) is 5.29. The summed E-state index contributed by atoms with van der Waals surface area (Å²) in [6, 6.07) is 19.9. The molecule has 34 heavy (non-hydrogen) atoms. The van der Waals surface area contributed by atoms with E-state index in [9.17, 15) is 14.4 Å². The first-order valence-electron chi connectivity index (χ1n) is 10.6. The van der Waals surface area contributed by atoms with E-state index in [4.69, 9.17) is 0 Å². The molecule has 0 saturated carbocycles. The fourth-order valence-electron chi connectivity index (χ4n) is 3.61. The minimum atomic E-state index is -0.897. The molecule has 3 N–H and O–H groups in total. The highest BCUT2D eigenvalue weighted by molar-refractivity contribution is 9.10. The molecule has 0 bridgehead atoms. The number of amides is 3. The normalized spacial score (nSPS) is 10.7. The summed E-state index contributed by atoms with van der Waals surface area (Å²) in [4.78, 5) is 38.6. The molecule has 0 saturated heterocycles. The number of rotatable bonds is 4. The zero-order valence-corrected chi connectivity index (χ0v) is 20.5. The van der Waals surface area contributed by atoms with Crippen LogP contribution >= 0.6 is 15.9 Å². The summed E-state index contributed by atoms with van der Waals surface area (Å²) in [5, 5.41) is 6.21. The van der Waals surface area contributed by atoms with Gasteiger partial charge in [-0.15, -0.1) is 0 Å². The topological polar surface area (TPSA) is 92.2 Å². The number of halogens is 1. The van der Waals surface area contributed by atoms with E-state index < -0.39 is 17.7 Å². The van der Waals surface area contributed by atoms with Crippen molar-refractivity contribution in [2.75, 3.05) is 16.1 Å². The molecule has 3 aromatic carbocycles. The van der Waals surface area contributed by atoms with Gasteiger partial charge in [0, 0.05) is 21.2 Å². The lowest BCUT2D eigenvalue weighted by Gasteiger charge is -2.14. The highest BCUT2D eigenvalue weighted by Crippen LogP contribution is 2.24. The summed E-state index contributed by atoms with van der Waals surface area (Å²) in [7, 11) is 0. The Morgan fingerprint density at radius 3 is 2.35 bits per heavy atom. The van der Waals surface area contributed by atoms with Crippen LogP contribution in [0.4, 0.5) is 11.4 Å². The zero-order chi connectivity index (χ0) is 24.4. The van der Waals surface area contributed by atoms with Gasteiger partial charge >= 0.3 is 11.8 Å². The predicted molar refractivity (Wildman–Crippen MR) is 138 cm³/mol. The standard InChI is InChI=1S/C26H23BrN4O3/c1-15-6-4-8-20(12-15)28-24(32)23-14-18-13-19(27)10-11-22(18)31(23)30-26(34)25(33)29-21-9-5-7-16(2)17(21)3/h4-14H,1-3H3,(H,28,32)(H,29,33)(H,30,34). The van der Waals surface area contributed by atoms with Crippen LogP contribution in [0.3, 0.4) is 0 Å². The highest BCUT2D eigenvalue weighted by Gasteiger charge is 2.21. The fourth-order valence-corrected chi connectivity index (χ4v) is 3.99. The summed E-state index contributed by atoms with van der Waals surface area (Å²) < 4.78 is 2.15. The van der Waals surface area contributed by atoms with Gasteiger partial charge in [0.1, 0.15) is 5.69 Å². The Labute approximate surface area is 205 Å². The molecular weight excluding hydrogens is 496 g/mol. The van der Waals surface area contributed by atoms with E-state index in [2.05, 4.69) is 32.0 Å². The van der Waals surface area contributed by atoms with Crippen molar-refractivity contribution in [3.05, 3.63) is 93.6 Å². The number of hydrogen-bond acceptors (Lipinski definition) is 3. The first-order valence-corrected chi connectivity index (χ1v) is 11.4. The van der Waals surface area contributed by atoms with Gasteiger partial charge in [0.2, 0.25) is 0 Å². The Balaban J connectivity index is 1.64. The SMILES string of the molecule is Cc1cccc(NC(=O)c2cc3cc(Br)ccc3n2NC(=O)C(=O)Nc2cccc(C)c2C)c1. The summed E-state index contributed by atoms with van der Waals surface area (Å²) in [6.07, 6.45) is 0. The van der Waals surface area contributed by atoms with Gasteiger partial charge in [-0.1, -0.05) is 40.2 Å².